The molecular weight excluding hydrogens is 334 g/mol. The lowest BCUT2D eigenvalue weighted by molar-refractivity contribution is -0.139. The first-order chi connectivity index (χ1) is 12.4. The summed E-state index contributed by atoms with van der Waals surface area (Å²) in [7, 11) is 3.35. The van der Waals surface area contributed by atoms with Crippen LogP contribution in [0.2, 0.25) is 0 Å². The van der Waals surface area contributed by atoms with Crippen LogP contribution in [0.15, 0.2) is 6.07 Å². The third kappa shape index (κ3) is 4.27. The fourth-order valence-electron chi connectivity index (χ4n) is 3.70. The lowest BCUT2D eigenvalue weighted by Crippen LogP contribution is -2.54. The number of aliphatic carboxylic acids is 1. The molecule has 2 fully saturated rings. The van der Waals surface area contributed by atoms with E-state index in [0.717, 1.165) is 30.8 Å². The summed E-state index contributed by atoms with van der Waals surface area (Å²) in [5.74, 6) is -0.349. The molecule has 0 saturated heterocycles. The van der Waals surface area contributed by atoms with Gasteiger partial charge in [0.2, 0.25) is 0 Å². The molecule has 7 heteroatoms. The zero-order chi connectivity index (χ0) is 18.8. The minimum atomic E-state index is -0.739. The van der Waals surface area contributed by atoms with Gasteiger partial charge in [0.15, 0.2) is 0 Å². The second-order valence-corrected chi connectivity index (χ2v) is 7.65. The second kappa shape index (κ2) is 7.80. The molecule has 0 aliphatic heterocycles. The molecule has 0 radical (unpaired) electrons. The second-order valence-electron chi connectivity index (χ2n) is 7.65. The largest absolute Gasteiger partial charge is 0.480 e. The number of ether oxygens (including phenoxy) is 1. The van der Waals surface area contributed by atoms with Crippen molar-refractivity contribution in [3.63, 3.8) is 0 Å². The fraction of sp³-hybridized carbons (Fsp3) is 0.684. The molecule has 1 aromatic heterocycles. The first-order valence-corrected chi connectivity index (χ1v) is 9.31. The van der Waals surface area contributed by atoms with Crippen molar-refractivity contribution in [2.45, 2.75) is 51.2 Å². The Kier molecular flexibility index (Phi) is 5.67. The normalized spacial score (nSPS) is 22.3. The average Bonchev–Trinajstić information content (AvgIpc) is 3.32. The Morgan fingerprint density at radius 1 is 1.38 bits per heavy atom. The summed E-state index contributed by atoms with van der Waals surface area (Å²) in [5, 5.41) is 12.7. The van der Waals surface area contributed by atoms with Crippen molar-refractivity contribution in [2.75, 3.05) is 20.2 Å². The highest BCUT2D eigenvalue weighted by Gasteiger charge is 2.37. The minimum Gasteiger partial charge on any atom is -0.480 e. The van der Waals surface area contributed by atoms with Gasteiger partial charge in [-0.05, 0) is 44.6 Å². The molecule has 0 atom stereocenters. The third-order valence-corrected chi connectivity index (χ3v) is 5.77. The Labute approximate surface area is 154 Å². The molecule has 2 saturated carbocycles. The number of esters is 1. The number of nitrogens with one attached hydrogen (secondary N) is 1. The highest BCUT2D eigenvalue weighted by Crippen LogP contribution is 2.33. The molecule has 0 bridgehead atoms. The molecule has 0 amide bonds. The third-order valence-electron chi connectivity index (χ3n) is 5.77. The van der Waals surface area contributed by atoms with Crippen molar-refractivity contribution in [3.05, 3.63) is 23.0 Å². The molecule has 3 rings (SSSR count). The van der Waals surface area contributed by atoms with Crippen LogP contribution in [0.5, 0.6) is 0 Å². The van der Waals surface area contributed by atoms with Gasteiger partial charge in [-0.15, -0.1) is 0 Å². The smallest absolute Gasteiger partial charge is 0.339 e. The molecule has 7 nitrogen and oxygen atoms in total. The van der Waals surface area contributed by atoms with Crippen molar-refractivity contribution in [1.29, 1.82) is 0 Å². The van der Waals surface area contributed by atoms with E-state index in [9.17, 15) is 9.59 Å². The molecule has 144 valence electrons. The lowest BCUT2D eigenvalue weighted by Gasteiger charge is -2.43. The van der Waals surface area contributed by atoms with E-state index in [1.165, 1.54) is 20.0 Å². The number of carbonyl (C=O) groups is 2. The number of carboxylic acids is 1. The Hall–Kier alpha value is -1.86. The number of rotatable bonds is 9. The van der Waals surface area contributed by atoms with Crippen LogP contribution in [-0.2, 0) is 23.1 Å². The van der Waals surface area contributed by atoms with E-state index in [2.05, 4.69) is 10.2 Å². The Bertz CT molecular complexity index is 675. The Morgan fingerprint density at radius 3 is 2.65 bits per heavy atom. The Balaban J connectivity index is 1.50. The van der Waals surface area contributed by atoms with Crippen LogP contribution in [0.3, 0.4) is 0 Å². The standard InChI is InChI=1S/C19H29N3O4/c1-12-17(19(25)26-3)8-16(21(12)2)9-20-14-6-15(7-14)22(11-18(23)24)10-13-4-5-13/h8,13-15,20H,4-7,9-11H2,1-3H3,(H,23,24). The first-order valence-electron chi connectivity index (χ1n) is 9.31. The average molecular weight is 363 g/mol. The van der Waals surface area contributed by atoms with Gasteiger partial charge < -0.3 is 19.7 Å². The maximum absolute atomic E-state index is 11.8. The maximum Gasteiger partial charge on any atom is 0.339 e. The van der Waals surface area contributed by atoms with Gasteiger partial charge in [0.05, 0.1) is 19.2 Å². The number of nitrogens with zero attached hydrogens (tertiary/aromatic N) is 2. The topological polar surface area (TPSA) is 83.8 Å². The van der Waals surface area contributed by atoms with E-state index in [-0.39, 0.29) is 12.5 Å². The molecule has 26 heavy (non-hydrogen) atoms. The summed E-state index contributed by atoms with van der Waals surface area (Å²) in [6.45, 7) is 3.67. The van der Waals surface area contributed by atoms with Gasteiger partial charge in [0, 0.05) is 43.6 Å². The summed E-state index contributed by atoms with van der Waals surface area (Å²) in [6, 6.07) is 2.64. The van der Waals surface area contributed by atoms with Gasteiger partial charge >= 0.3 is 11.9 Å². The number of methoxy groups -OCH3 is 1. The monoisotopic (exact) mass is 363 g/mol. The van der Waals surface area contributed by atoms with Gasteiger partial charge in [-0.2, -0.15) is 0 Å². The summed E-state index contributed by atoms with van der Waals surface area (Å²) in [4.78, 5) is 25.0. The van der Waals surface area contributed by atoms with Gasteiger partial charge in [-0.1, -0.05) is 0 Å². The van der Waals surface area contributed by atoms with E-state index >= 15 is 0 Å². The number of carboxylic acid groups (broad SMARTS) is 1. The molecule has 0 unspecified atom stereocenters. The molecule has 0 aromatic carbocycles. The summed E-state index contributed by atoms with van der Waals surface area (Å²) in [5.41, 5.74) is 2.55. The van der Waals surface area contributed by atoms with Gasteiger partial charge in [-0.3, -0.25) is 9.69 Å². The summed E-state index contributed by atoms with van der Waals surface area (Å²) in [6.07, 6.45) is 4.43. The van der Waals surface area contributed by atoms with Crippen LogP contribution in [0.25, 0.3) is 0 Å². The predicted octanol–water partition coefficient (Wildman–Crippen LogP) is 1.54. The predicted molar refractivity (Wildman–Crippen MR) is 97.1 cm³/mol. The van der Waals surface area contributed by atoms with Crippen molar-refractivity contribution in [1.82, 2.24) is 14.8 Å². The van der Waals surface area contributed by atoms with Crippen molar-refractivity contribution >= 4 is 11.9 Å². The van der Waals surface area contributed by atoms with Crippen LogP contribution < -0.4 is 5.32 Å². The maximum atomic E-state index is 11.8. The van der Waals surface area contributed by atoms with E-state index in [0.29, 0.717) is 30.1 Å². The zero-order valence-electron chi connectivity index (χ0n) is 15.8. The van der Waals surface area contributed by atoms with Crippen LogP contribution in [0.4, 0.5) is 0 Å². The van der Waals surface area contributed by atoms with Crippen molar-refractivity contribution in [3.8, 4) is 0 Å². The molecule has 1 heterocycles. The fourth-order valence-corrected chi connectivity index (χ4v) is 3.70. The van der Waals surface area contributed by atoms with Gasteiger partial charge in [-0.25, -0.2) is 4.79 Å². The Morgan fingerprint density at radius 2 is 2.08 bits per heavy atom. The molecule has 1 aromatic rings. The number of hydrogen-bond donors (Lipinski definition) is 2. The molecule has 2 N–H and O–H groups in total. The number of hydrogen-bond acceptors (Lipinski definition) is 5. The number of carbonyl (C=O) groups excluding carboxylic acids is 1. The van der Waals surface area contributed by atoms with E-state index in [1.807, 2.05) is 24.6 Å². The van der Waals surface area contributed by atoms with Crippen LogP contribution >= 0.6 is 0 Å². The molecular formula is C19H29N3O4. The molecule has 2 aliphatic carbocycles. The van der Waals surface area contributed by atoms with Gasteiger partial charge in [0.1, 0.15) is 0 Å². The zero-order valence-corrected chi connectivity index (χ0v) is 15.8. The SMILES string of the molecule is COC(=O)c1cc(CNC2CC(N(CC(=O)O)CC3CC3)C2)n(C)c1C. The van der Waals surface area contributed by atoms with E-state index in [4.69, 9.17) is 9.84 Å². The lowest BCUT2D eigenvalue weighted by atomic mass is 9.85. The van der Waals surface area contributed by atoms with Crippen LogP contribution in [0, 0.1) is 12.8 Å². The summed E-state index contributed by atoms with van der Waals surface area (Å²) >= 11 is 0. The molecule has 0 spiro atoms. The van der Waals surface area contributed by atoms with Crippen LogP contribution in [0.1, 0.15) is 47.4 Å². The molecule has 2 aliphatic rings. The minimum absolute atomic E-state index is 0.146. The highest BCUT2D eigenvalue weighted by molar-refractivity contribution is 5.91. The van der Waals surface area contributed by atoms with Crippen molar-refractivity contribution < 1.29 is 19.4 Å². The van der Waals surface area contributed by atoms with Crippen molar-refractivity contribution in [2.24, 2.45) is 13.0 Å². The van der Waals surface area contributed by atoms with E-state index < -0.39 is 5.97 Å². The quantitative estimate of drug-likeness (QED) is 0.648. The first kappa shape index (κ1) is 18.9. The highest BCUT2D eigenvalue weighted by atomic mass is 16.5. The number of aromatic nitrogens is 1. The summed E-state index contributed by atoms with van der Waals surface area (Å²) < 4.78 is 6.84. The van der Waals surface area contributed by atoms with E-state index in [1.54, 1.807) is 0 Å². The van der Waals surface area contributed by atoms with Crippen LogP contribution in [-0.4, -0.2) is 58.8 Å². The van der Waals surface area contributed by atoms with Gasteiger partial charge in [0.25, 0.3) is 0 Å².